The third-order valence-corrected chi connectivity index (χ3v) is 2.42. The van der Waals surface area contributed by atoms with Gasteiger partial charge in [-0.15, -0.1) is 0 Å². The van der Waals surface area contributed by atoms with Gasteiger partial charge in [-0.2, -0.15) is 0 Å². The molecule has 0 aliphatic rings. The van der Waals surface area contributed by atoms with E-state index < -0.39 is 0 Å². The maximum atomic E-state index is 12.7. The summed E-state index contributed by atoms with van der Waals surface area (Å²) in [4.78, 5) is 11.5. The van der Waals surface area contributed by atoms with Gasteiger partial charge in [-0.3, -0.25) is 4.79 Å². The first-order valence-corrected chi connectivity index (χ1v) is 5.49. The van der Waals surface area contributed by atoms with Crippen molar-refractivity contribution in [1.82, 2.24) is 4.57 Å². The molecule has 94 valence electrons. The number of aromatic nitrogens is 1. The van der Waals surface area contributed by atoms with Crippen molar-refractivity contribution in [3.05, 3.63) is 58.8 Å². The van der Waals surface area contributed by atoms with E-state index in [1.807, 2.05) is 0 Å². The summed E-state index contributed by atoms with van der Waals surface area (Å²) in [5.41, 5.74) is 5.98. The number of hydrogen-bond donors (Lipinski definition) is 1. The highest BCUT2D eigenvalue weighted by Crippen LogP contribution is 2.10. The maximum absolute atomic E-state index is 12.7. The fourth-order valence-corrected chi connectivity index (χ4v) is 1.52. The molecule has 1 aromatic carbocycles. The molecule has 1 aromatic heterocycles. The predicted octanol–water partition coefficient (Wildman–Crippen LogP) is 1.65. The van der Waals surface area contributed by atoms with Crippen LogP contribution in [0, 0.1) is 5.82 Å². The van der Waals surface area contributed by atoms with Crippen LogP contribution in [-0.4, -0.2) is 11.2 Å². The van der Waals surface area contributed by atoms with Gasteiger partial charge >= 0.3 is 0 Å². The lowest BCUT2D eigenvalue weighted by molar-refractivity contribution is 0.296. The Morgan fingerprint density at radius 2 is 1.89 bits per heavy atom. The summed E-state index contributed by atoms with van der Waals surface area (Å²) in [6.45, 7) is 0.705. The molecule has 1 heterocycles. The number of ether oxygens (including phenoxy) is 1. The molecule has 0 saturated carbocycles. The van der Waals surface area contributed by atoms with Gasteiger partial charge in [0, 0.05) is 18.0 Å². The SMILES string of the molecule is Nc1ccc(=O)n(CCOc2ccc(F)cc2)c1. The first-order chi connectivity index (χ1) is 8.65. The molecule has 0 radical (unpaired) electrons. The van der Waals surface area contributed by atoms with Crippen LogP contribution in [-0.2, 0) is 6.54 Å². The molecule has 0 unspecified atom stereocenters. The molecule has 0 aliphatic heterocycles. The number of benzene rings is 1. The molecule has 0 saturated heterocycles. The average molecular weight is 248 g/mol. The van der Waals surface area contributed by atoms with Crippen molar-refractivity contribution in [2.24, 2.45) is 0 Å². The number of nitrogens with zero attached hydrogens (tertiary/aromatic N) is 1. The Kier molecular flexibility index (Phi) is 3.62. The molecular formula is C13H13FN2O2. The van der Waals surface area contributed by atoms with Gasteiger partial charge in [-0.25, -0.2) is 4.39 Å². The lowest BCUT2D eigenvalue weighted by Crippen LogP contribution is -2.22. The van der Waals surface area contributed by atoms with Gasteiger partial charge < -0.3 is 15.0 Å². The zero-order valence-electron chi connectivity index (χ0n) is 9.67. The van der Waals surface area contributed by atoms with Crippen molar-refractivity contribution >= 4 is 5.69 Å². The normalized spacial score (nSPS) is 10.3. The first-order valence-electron chi connectivity index (χ1n) is 5.49. The Morgan fingerprint density at radius 3 is 2.61 bits per heavy atom. The Morgan fingerprint density at radius 1 is 1.17 bits per heavy atom. The zero-order valence-corrected chi connectivity index (χ0v) is 9.67. The summed E-state index contributed by atoms with van der Waals surface area (Å²) in [5.74, 6) is 0.253. The minimum atomic E-state index is -0.311. The van der Waals surface area contributed by atoms with Crippen LogP contribution in [0.3, 0.4) is 0 Å². The highest BCUT2D eigenvalue weighted by molar-refractivity contribution is 5.33. The predicted molar refractivity (Wildman–Crippen MR) is 67.0 cm³/mol. The first kappa shape index (κ1) is 12.2. The minimum Gasteiger partial charge on any atom is -0.492 e. The van der Waals surface area contributed by atoms with Gasteiger partial charge in [-0.1, -0.05) is 0 Å². The van der Waals surface area contributed by atoms with Crippen LogP contribution >= 0.6 is 0 Å². The van der Waals surface area contributed by atoms with Crippen molar-refractivity contribution in [2.45, 2.75) is 6.54 Å². The van der Waals surface area contributed by atoms with Gasteiger partial charge in [0.1, 0.15) is 18.2 Å². The van der Waals surface area contributed by atoms with Gasteiger partial charge in [0.25, 0.3) is 5.56 Å². The number of anilines is 1. The Bertz CT molecular complexity index is 578. The van der Waals surface area contributed by atoms with Gasteiger partial charge in [0.15, 0.2) is 0 Å². The third kappa shape index (κ3) is 3.10. The van der Waals surface area contributed by atoms with Gasteiger partial charge in [0.05, 0.1) is 6.54 Å². The van der Waals surface area contributed by atoms with Crippen LogP contribution in [0.5, 0.6) is 5.75 Å². The number of nitrogens with two attached hydrogens (primary N) is 1. The monoisotopic (exact) mass is 248 g/mol. The molecule has 2 rings (SSSR count). The van der Waals surface area contributed by atoms with E-state index in [4.69, 9.17) is 10.5 Å². The smallest absolute Gasteiger partial charge is 0.250 e. The van der Waals surface area contributed by atoms with Crippen LogP contribution in [0.1, 0.15) is 0 Å². The molecule has 0 atom stereocenters. The number of rotatable bonds is 4. The van der Waals surface area contributed by atoms with Crippen LogP contribution in [0.2, 0.25) is 0 Å². The number of pyridine rings is 1. The second kappa shape index (κ2) is 5.35. The van der Waals surface area contributed by atoms with Crippen molar-refractivity contribution in [1.29, 1.82) is 0 Å². The molecule has 4 nitrogen and oxygen atoms in total. The van der Waals surface area contributed by atoms with E-state index in [-0.39, 0.29) is 11.4 Å². The fraction of sp³-hybridized carbons (Fsp3) is 0.154. The van der Waals surface area contributed by atoms with Crippen molar-refractivity contribution in [2.75, 3.05) is 12.3 Å². The van der Waals surface area contributed by atoms with E-state index in [2.05, 4.69) is 0 Å². The Hall–Kier alpha value is -2.30. The van der Waals surface area contributed by atoms with Crippen LogP contribution < -0.4 is 16.0 Å². The molecule has 0 bridgehead atoms. The highest BCUT2D eigenvalue weighted by atomic mass is 19.1. The summed E-state index contributed by atoms with van der Waals surface area (Å²) in [5, 5.41) is 0. The molecule has 0 amide bonds. The van der Waals surface area contributed by atoms with Crippen molar-refractivity contribution in [3.8, 4) is 5.75 Å². The van der Waals surface area contributed by atoms with E-state index in [0.29, 0.717) is 24.6 Å². The van der Waals surface area contributed by atoms with Crippen molar-refractivity contribution in [3.63, 3.8) is 0 Å². The summed E-state index contributed by atoms with van der Waals surface area (Å²) < 4.78 is 19.5. The summed E-state index contributed by atoms with van der Waals surface area (Å²) >= 11 is 0. The van der Waals surface area contributed by atoms with Crippen molar-refractivity contribution < 1.29 is 9.13 Å². The number of hydrogen-bond acceptors (Lipinski definition) is 3. The highest BCUT2D eigenvalue weighted by Gasteiger charge is 1.98. The second-order valence-electron chi connectivity index (χ2n) is 3.80. The van der Waals surface area contributed by atoms with E-state index in [1.165, 1.54) is 34.9 Å². The fourth-order valence-electron chi connectivity index (χ4n) is 1.52. The summed E-state index contributed by atoms with van der Waals surface area (Å²) in [6.07, 6.45) is 1.57. The largest absolute Gasteiger partial charge is 0.492 e. The molecular weight excluding hydrogens is 235 g/mol. The topological polar surface area (TPSA) is 57.2 Å². The van der Waals surface area contributed by atoms with Crippen LogP contribution in [0.15, 0.2) is 47.4 Å². The Labute approximate surface area is 103 Å². The molecule has 0 spiro atoms. The summed E-state index contributed by atoms with van der Waals surface area (Å²) in [6, 6.07) is 8.69. The number of halogens is 1. The van der Waals surface area contributed by atoms with E-state index in [0.717, 1.165) is 0 Å². The second-order valence-corrected chi connectivity index (χ2v) is 3.80. The lowest BCUT2D eigenvalue weighted by atomic mass is 10.3. The van der Waals surface area contributed by atoms with E-state index >= 15 is 0 Å². The quantitative estimate of drug-likeness (QED) is 0.895. The van der Waals surface area contributed by atoms with Crippen LogP contribution in [0.4, 0.5) is 10.1 Å². The zero-order chi connectivity index (χ0) is 13.0. The maximum Gasteiger partial charge on any atom is 0.250 e. The molecule has 5 heteroatoms. The molecule has 0 aliphatic carbocycles. The molecule has 2 aromatic rings. The van der Waals surface area contributed by atoms with E-state index in [9.17, 15) is 9.18 Å². The molecule has 18 heavy (non-hydrogen) atoms. The molecule has 2 N–H and O–H groups in total. The average Bonchev–Trinajstić information content (AvgIpc) is 2.36. The number of nitrogen functional groups attached to an aromatic ring is 1. The molecule has 0 fully saturated rings. The minimum absolute atomic E-state index is 0.132. The van der Waals surface area contributed by atoms with Gasteiger partial charge in [-0.05, 0) is 30.3 Å². The Balaban J connectivity index is 1.94. The van der Waals surface area contributed by atoms with E-state index in [1.54, 1.807) is 12.3 Å². The third-order valence-electron chi connectivity index (χ3n) is 2.42. The standard InChI is InChI=1S/C13H13FN2O2/c14-10-1-4-12(5-2-10)18-8-7-16-9-11(15)3-6-13(16)17/h1-6,9H,7-8,15H2. The van der Waals surface area contributed by atoms with Crippen LogP contribution in [0.25, 0.3) is 0 Å². The summed E-state index contributed by atoms with van der Waals surface area (Å²) in [7, 11) is 0. The lowest BCUT2D eigenvalue weighted by Gasteiger charge is -2.08. The van der Waals surface area contributed by atoms with Gasteiger partial charge in [0.2, 0.25) is 0 Å².